The summed E-state index contributed by atoms with van der Waals surface area (Å²) in [5, 5.41) is 0. The Labute approximate surface area is 86.4 Å². The molecule has 0 amide bonds. The van der Waals surface area contributed by atoms with Gasteiger partial charge in [0.2, 0.25) is 0 Å². The highest BCUT2D eigenvalue weighted by atomic mass is 19.1. The van der Waals surface area contributed by atoms with Crippen LogP contribution in [0.15, 0.2) is 48.8 Å². The van der Waals surface area contributed by atoms with Crippen molar-refractivity contribution in [3.63, 3.8) is 0 Å². The molecule has 0 bridgehead atoms. The molecule has 3 heteroatoms. The van der Waals surface area contributed by atoms with Crippen LogP contribution in [-0.4, -0.2) is 10.8 Å². The van der Waals surface area contributed by atoms with E-state index in [9.17, 15) is 9.18 Å². The van der Waals surface area contributed by atoms with E-state index < -0.39 is 5.82 Å². The fourth-order valence-electron chi connectivity index (χ4n) is 1.30. The number of benzene rings is 1. The highest BCUT2D eigenvalue weighted by Crippen LogP contribution is 2.11. The van der Waals surface area contributed by atoms with Gasteiger partial charge in [-0.1, -0.05) is 30.3 Å². The Balaban J connectivity index is 2.42. The van der Waals surface area contributed by atoms with Crippen molar-refractivity contribution in [1.82, 2.24) is 4.98 Å². The van der Waals surface area contributed by atoms with E-state index in [4.69, 9.17) is 0 Å². The van der Waals surface area contributed by atoms with Gasteiger partial charge in [0.15, 0.2) is 11.6 Å². The zero-order chi connectivity index (χ0) is 10.7. The first kappa shape index (κ1) is 9.52. The van der Waals surface area contributed by atoms with Gasteiger partial charge in [-0.15, -0.1) is 0 Å². The molecule has 0 fully saturated rings. The monoisotopic (exact) mass is 201 g/mol. The van der Waals surface area contributed by atoms with Crippen molar-refractivity contribution in [1.29, 1.82) is 0 Å². The molecule has 0 unspecified atom stereocenters. The molecule has 2 nitrogen and oxygen atoms in total. The molecule has 0 aliphatic heterocycles. The Morgan fingerprint density at radius 1 is 1.13 bits per heavy atom. The smallest absolute Gasteiger partial charge is 0.196 e. The number of nitrogens with zero attached hydrogens (tertiary/aromatic N) is 1. The number of carbonyl (C=O) groups is 1. The Hall–Kier alpha value is -2.03. The largest absolute Gasteiger partial charge is 0.288 e. The van der Waals surface area contributed by atoms with Crippen LogP contribution in [0.2, 0.25) is 0 Å². The second kappa shape index (κ2) is 4.00. The summed E-state index contributed by atoms with van der Waals surface area (Å²) in [7, 11) is 0. The first-order chi connectivity index (χ1) is 7.29. The summed E-state index contributed by atoms with van der Waals surface area (Å²) in [6.45, 7) is 0. The minimum absolute atomic E-state index is 0.0520. The van der Waals surface area contributed by atoms with E-state index in [0.29, 0.717) is 5.56 Å². The Morgan fingerprint density at radius 3 is 2.53 bits per heavy atom. The fourth-order valence-corrected chi connectivity index (χ4v) is 1.30. The normalized spacial score (nSPS) is 9.93. The lowest BCUT2D eigenvalue weighted by molar-refractivity contribution is 0.103. The van der Waals surface area contributed by atoms with Crippen molar-refractivity contribution < 1.29 is 9.18 Å². The summed E-state index contributed by atoms with van der Waals surface area (Å²) in [5.41, 5.74) is 0.527. The number of aromatic nitrogens is 1. The number of ketones is 1. The van der Waals surface area contributed by atoms with E-state index in [1.54, 1.807) is 30.3 Å². The summed E-state index contributed by atoms with van der Waals surface area (Å²) in [6.07, 6.45) is 2.44. The zero-order valence-electron chi connectivity index (χ0n) is 7.85. The van der Waals surface area contributed by atoms with E-state index in [2.05, 4.69) is 4.98 Å². The van der Waals surface area contributed by atoms with Gasteiger partial charge < -0.3 is 0 Å². The van der Waals surface area contributed by atoms with Crippen LogP contribution in [0.25, 0.3) is 0 Å². The number of rotatable bonds is 2. The van der Waals surface area contributed by atoms with Gasteiger partial charge in [-0.3, -0.25) is 9.78 Å². The van der Waals surface area contributed by atoms with Gasteiger partial charge in [0.25, 0.3) is 0 Å². The lowest BCUT2D eigenvalue weighted by atomic mass is 10.0. The average Bonchev–Trinajstić information content (AvgIpc) is 2.30. The topological polar surface area (TPSA) is 30.0 Å². The molecule has 0 aliphatic rings. The number of carbonyl (C=O) groups excluding carboxylic acids is 1. The Morgan fingerprint density at radius 2 is 1.87 bits per heavy atom. The lowest BCUT2D eigenvalue weighted by Crippen LogP contribution is -2.04. The van der Waals surface area contributed by atoms with Crippen molar-refractivity contribution in [2.75, 3.05) is 0 Å². The van der Waals surface area contributed by atoms with Gasteiger partial charge in [0, 0.05) is 11.8 Å². The number of pyridine rings is 1. The van der Waals surface area contributed by atoms with Crippen molar-refractivity contribution >= 4 is 5.78 Å². The predicted molar refractivity (Wildman–Crippen MR) is 54.1 cm³/mol. The van der Waals surface area contributed by atoms with Crippen LogP contribution in [0.1, 0.15) is 15.9 Å². The molecular weight excluding hydrogens is 193 g/mol. The Kier molecular flexibility index (Phi) is 2.54. The summed E-state index contributed by atoms with van der Waals surface area (Å²) in [5.74, 6) is -0.915. The van der Waals surface area contributed by atoms with E-state index in [1.807, 2.05) is 0 Å². The summed E-state index contributed by atoms with van der Waals surface area (Å²) >= 11 is 0. The molecule has 0 spiro atoms. The first-order valence-electron chi connectivity index (χ1n) is 4.48. The molecule has 0 radical (unpaired) electrons. The van der Waals surface area contributed by atoms with E-state index >= 15 is 0 Å². The maximum absolute atomic E-state index is 13.2. The summed E-state index contributed by atoms with van der Waals surface area (Å²) in [6, 6.07) is 9.98. The zero-order valence-corrected chi connectivity index (χ0v) is 7.85. The Bertz CT molecular complexity index is 482. The molecule has 1 aromatic carbocycles. The molecule has 0 saturated carbocycles. The van der Waals surface area contributed by atoms with Crippen LogP contribution in [0.3, 0.4) is 0 Å². The third kappa shape index (κ3) is 1.91. The number of hydrogen-bond acceptors (Lipinski definition) is 2. The van der Waals surface area contributed by atoms with Gasteiger partial charge in [-0.05, 0) is 6.07 Å². The highest BCUT2D eigenvalue weighted by molar-refractivity contribution is 6.09. The summed E-state index contributed by atoms with van der Waals surface area (Å²) in [4.78, 5) is 15.4. The van der Waals surface area contributed by atoms with E-state index in [1.165, 1.54) is 12.3 Å². The molecule has 1 heterocycles. The van der Waals surface area contributed by atoms with Crippen LogP contribution < -0.4 is 0 Å². The fraction of sp³-hybridized carbons (Fsp3) is 0. The lowest BCUT2D eigenvalue weighted by Gasteiger charge is -2.01. The molecular formula is C12H8FNO. The van der Waals surface area contributed by atoms with Crippen molar-refractivity contribution in [3.05, 3.63) is 65.7 Å². The van der Waals surface area contributed by atoms with Gasteiger partial charge in [0.05, 0.1) is 11.8 Å². The first-order valence-corrected chi connectivity index (χ1v) is 4.48. The predicted octanol–water partition coefficient (Wildman–Crippen LogP) is 2.45. The van der Waals surface area contributed by atoms with Gasteiger partial charge in [0.1, 0.15) is 0 Å². The van der Waals surface area contributed by atoms with Gasteiger partial charge >= 0.3 is 0 Å². The second-order valence-corrected chi connectivity index (χ2v) is 3.05. The van der Waals surface area contributed by atoms with Crippen molar-refractivity contribution in [2.24, 2.45) is 0 Å². The van der Waals surface area contributed by atoms with E-state index in [-0.39, 0.29) is 11.3 Å². The van der Waals surface area contributed by atoms with Gasteiger partial charge in [-0.25, -0.2) is 4.39 Å². The van der Waals surface area contributed by atoms with Crippen LogP contribution in [0.4, 0.5) is 4.39 Å². The van der Waals surface area contributed by atoms with Crippen LogP contribution in [0.5, 0.6) is 0 Å². The quantitative estimate of drug-likeness (QED) is 0.698. The second-order valence-electron chi connectivity index (χ2n) is 3.05. The molecule has 2 rings (SSSR count). The minimum atomic E-state index is -0.591. The van der Waals surface area contributed by atoms with Crippen molar-refractivity contribution in [2.45, 2.75) is 0 Å². The number of halogens is 1. The molecule has 0 aliphatic carbocycles. The van der Waals surface area contributed by atoms with E-state index in [0.717, 1.165) is 6.20 Å². The third-order valence-electron chi connectivity index (χ3n) is 2.05. The number of hydrogen-bond donors (Lipinski definition) is 0. The molecule has 0 atom stereocenters. The molecule has 0 N–H and O–H groups in total. The molecule has 74 valence electrons. The SMILES string of the molecule is O=C(c1ccccc1)c1ccncc1F. The van der Waals surface area contributed by atoms with Crippen LogP contribution in [-0.2, 0) is 0 Å². The molecule has 2 aromatic rings. The molecule has 1 aromatic heterocycles. The highest BCUT2D eigenvalue weighted by Gasteiger charge is 2.12. The summed E-state index contributed by atoms with van der Waals surface area (Å²) < 4.78 is 13.2. The maximum atomic E-state index is 13.2. The third-order valence-corrected chi connectivity index (χ3v) is 2.05. The van der Waals surface area contributed by atoms with Crippen LogP contribution in [0, 0.1) is 5.82 Å². The van der Waals surface area contributed by atoms with Crippen LogP contribution >= 0.6 is 0 Å². The van der Waals surface area contributed by atoms with Gasteiger partial charge in [-0.2, -0.15) is 0 Å². The standard InChI is InChI=1S/C12H8FNO/c13-11-8-14-7-6-10(11)12(15)9-4-2-1-3-5-9/h1-8H. The maximum Gasteiger partial charge on any atom is 0.196 e. The average molecular weight is 201 g/mol. The molecule has 0 saturated heterocycles. The van der Waals surface area contributed by atoms with Crippen molar-refractivity contribution in [3.8, 4) is 0 Å². The molecule has 15 heavy (non-hydrogen) atoms. The minimum Gasteiger partial charge on any atom is -0.288 e.